The van der Waals surface area contributed by atoms with Gasteiger partial charge in [0.25, 0.3) is 0 Å². The van der Waals surface area contributed by atoms with Gasteiger partial charge in [-0.15, -0.1) is 0 Å². The number of aromatic hydroxyl groups is 1. The van der Waals surface area contributed by atoms with Crippen molar-refractivity contribution >= 4 is 0 Å². The molecule has 0 radical (unpaired) electrons. The summed E-state index contributed by atoms with van der Waals surface area (Å²) < 4.78 is 0. The first-order valence-electron chi connectivity index (χ1n) is 4.66. The third kappa shape index (κ3) is 1.71. The molecule has 1 aromatic rings. The highest BCUT2D eigenvalue weighted by Crippen LogP contribution is 2.26. The van der Waals surface area contributed by atoms with Crippen LogP contribution in [0.15, 0.2) is 0 Å². The molecular formula is C10H16N2O2. The first-order chi connectivity index (χ1) is 6.65. The summed E-state index contributed by atoms with van der Waals surface area (Å²) in [5, 5.41) is 18.8. The zero-order chi connectivity index (χ0) is 10.7. The Kier molecular flexibility index (Phi) is 3.43. The standard InChI is InChI=1S/C10H16N2O2/c1-3-9-8(5-13)7(4-11)10(14)6(2)12-9/h13-14H,3-5,11H2,1-2H3. The van der Waals surface area contributed by atoms with Gasteiger partial charge < -0.3 is 15.9 Å². The Morgan fingerprint density at radius 3 is 2.43 bits per heavy atom. The summed E-state index contributed by atoms with van der Waals surface area (Å²) in [5.41, 5.74) is 8.17. The van der Waals surface area contributed by atoms with Gasteiger partial charge in [-0.1, -0.05) is 6.92 Å². The van der Waals surface area contributed by atoms with E-state index in [2.05, 4.69) is 4.98 Å². The second-order valence-electron chi connectivity index (χ2n) is 3.17. The lowest BCUT2D eigenvalue weighted by atomic mass is 10.0. The molecule has 1 heterocycles. The van der Waals surface area contributed by atoms with Gasteiger partial charge in [0.05, 0.1) is 12.3 Å². The van der Waals surface area contributed by atoms with Crippen LogP contribution in [0.4, 0.5) is 0 Å². The summed E-state index contributed by atoms with van der Waals surface area (Å²) in [7, 11) is 0. The highest BCUT2D eigenvalue weighted by Gasteiger charge is 2.14. The van der Waals surface area contributed by atoms with Gasteiger partial charge in [-0.05, 0) is 13.3 Å². The first-order valence-corrected chi connectivity index (χ1v) is 4.66. The molecule has 4 N–H and O–H groups in total. The van der Waals surface area contributed by atoms with Crippen molar-refractivity contribution in [2.45, 2.75) is 33.4 Å². The Morgan fingerprint density at radius 1 is 1.36 bits per heavy atom. The second-order valence-corrected chi connectivity index (χ2v) is 3.17. The van der Waals surface area contributed by atoms with Crippen molar-refractivity contribution in [2.75, 3.05) is 0 Å². The van der Waals surface area contributed by atoms with Gasteiger partial charge in [0.1, 0.15) is 5.75 Å². The van der Waals surface area contributed by atoms with Gasteiger partial charge >= 0.3 is 0 Å². The fourth-order valence-electron chi connectivity index (χ4n) is 1.56. The van der Waals surface area contributed by atoms with E-state index in [-0.39, 0.29) is 18.9 Å². The van der Waals surface area contributed by atoms with Crippen LogP contribution >= 0.6 is 0 Å². The number of aliphatic hydroxyl groups is 1. The third-order valence-electron chi connectivity index (χ3n) is 2.34. The Labute approximate surface area is 83.4 Å². The lowest BCUT2D eigenvalue weighted by Gasteiger charge is -2.13. The molecule has 0 spiro atoms. The molecule has 4 nitrogen and oxygen atoms in total. The molecule has 0 aromatic carbocycles. The summed E-state index contributed by atoms with van der Waals surface area (Å²) in [6.45, 7) is 3.78. The van der Waals surface area contributed by atoms with Crippen molar-refractivity contribution in [1.29, 1.82) is 0 Å². The zero-order valence-corrected chi connectivity index (χ0v) is 8.54. The fraction of sp³-hybridized carbons (Fsp3) is 0.500. The predicted molar refractivity (Wildman–Crippen MR) is 53.8 cm³/mol. The zero-order valence-electron chi connectivity index (χ0n) is 8.54. The van der Waals surface area contributed by atoms with Gasteiger partial charge in [-0.2, -0.15) is 0 Å². The minimum atomic E-state index is -0.128. The number of pyridine rings is 1. The Balaban J connectivity index is 3.42. The number of nitrogens with two attached hydrogens (primary N) is 1. The summed E-state index contributed by atoms with van der Waals surface area (Å²) in [6.07, 6.45) is 0.726. The van der Waals surface area contributed by atoms with Crippen molar-refractivity contribution in [1.82, 2.24) is 4.98 Å². The molecule has 0 atom stereocenters. The molecule has 0 aliphatic heterocycles. The summed E-state index contributed by atoms with van der Waals surface area (Å²) in [4.78, 5) is 4.21. The topological polar surface area (TPSA) is 79.4 Å². The molecule has 4 heteroatoms. The molecule has 0 fully saturated rings. The van der Waals surface area contributed by atoms with Crippen LogP contribution in [0.5, 0.6) is 5.75 Å². The van der Waals surface area contributed by atoms with Gasteiger partial charge in [0, 0.05) is 23.4 Å². The quantitative estimate of drug-likeness (QED) is 0.661. The number of aryl methyl sites for hydroxylation is 2. The van der Waals surface area contributed by atoms with Crippen LogP contribution < -0.4 is 5.73 Å². The largest absolute Gasteiger partial charge is 0.506 e. The minimum Gasteiger partial charge on any atom is -0.506 e. The molecule has 1 aromatic heterocycles. The fourth-order valence-corrected chi connectivity index (χ4v) is 1.56. The number of rotatable bonds is 3. The van der Waals surface area contributed by atoms with Crippen molar-refractivity contribution < 1.29 is 10.2 Å². The summed E-state index contributed by atoms with van der Waals surface area (Å²) in [5.74, 6) is 0.105. The van der Waals surface area contributed by atoms with Gasteiger partial charge in [0.2, 0.25) is 0 Å². The molecule has 0 unspecified atom stereocenters. The molecule has 78 valence electrons. The molecule has 0 aliphatic carbocycles. The van der Waals surface area contributed by atoms with Crippen molar-refractivity contribution in [2.24, 2.45) is 5.73 Å². The van der Waals surface area contributed by atoms with E-state index in [0.717, 1.165) is 12.1 Å². The molecule has 14 heavy (non-hydrogen) atoms. The Bertz CT molecular complexity index is 337. The van der Waals surface area contributed by atoms with E-state index in [1.807, 2.05) is 6.92 Å². The van der Waals surface area contributed by atoms with E-state index >= 15 is 0 Å². The first kappa shape index (κ1) is 10.9. The molecule has 0 bridgehead atoms. The normalized spacial score (nSPS) is 10.6. The maximum Gasteiger partial charge on any atom is 0.141 e. The van der Waals surface area contributed by atoms with E-state index in [1.165, 1.54) is 0 Å². The number of hydrogen-bond donors (Lipinski definition) is 3. The predicted octanol–water partition coefficient (Wildman–Crippen LogP) is 0.609. The van der Waals surface area contributed by atoms with Gasteiger partial charge in [-0.3, -0.25) is 4.98 Å². The monoisotopic (exact) mass is 196 g/mol. The average molecular weight is 196 g/mol. The maximum absolute atomic E-state index is 9.68. The van der Waals surface area contributed by atoms with Crippen molar-refractivity contribution in [3.05, 3.63) is 22.5 Å². The second kappa shape index (κ2) is 4.39. The van der Waals surface area contributed by atoms with E-state index < -0.39 is 0 Å². The molecule has 0 aliphatic rings. The molecule has 0 amide bonds. The van der Waals surface area contributed by atoms with Crippen molar-refractivity contribution in [3.63, 3.8) is 0 Å². The third-order valence-corrected chi connectivity index (χ3v) is 2.34. The van der Waals surface area contributed by atoms with Crippen LogP contribution in [0.1, 0.15) is 29.4 Å². The highest BCUT2D eigenvalue weighted by atomic mass is 16.3. The maximum atomic E-state index is 9.68. The lowest BCUT2D eigenvalue weighted by Crippen LogP contribution is -2.08. The van der Waals surface area contributed by atoms with Crippen LogP contribution in [0.2, 0.25) is 0 Å². The molecule has 1 rings (SSSR count). The molecular weight excluding hydrogens is 180 g/mol. The number of hydrogen-bond acceptors (Lipinski definition) is 4. The summed E-state index contributed by atoms with van der Waals surface area (Å²) in [6, 6.07) is 0. The Hall–Kier alpha value is -1.13. The lowest BCUT2D eigenvalue weighted by molar-refractivity contribution is 0.277. The average Bonchev–Trinajstić information content (AvgIpc) is 2.20. The van der Waals surface area contributed by atoms with Crippen LogP contribution in [0.25, 0.3) is 0 Å². The van der Waals surface area contributed by atoms with Crippen LogP contribution in [0.3, 0.4) is 0 Å². The van der Waals surface area contributed by atoms with E-state index in [9.17, 15) is 10.2 Å². The smallest absolute Gasteiger partial charge is 0.141 e. The minimum absolute atomic E-state index is 0.105. The number of aliphatic hydroxyl groups excluding tert-OH is 1. The summed E-state index contributed by atoms with van der Waals surface area (Å²) >= 11 is 0. The van der Waals surface area contributed by atoms with Crippen LogP contribution in [-0.4, -0.2) is 15.2 Å². The van der Waals surface area contributed by atoms with Gasteiger partial charge in [-0.25, -0.2) is 0 Å². The highest BCUT2D eigenvalue weighted by molar-refractivity contribution is 5.43. The van der Waals surface area contributed by atoms with E-state index in [1.54, 1.807) is 6.92 Å². The molecule has 0 saturated heterocycles. The Morgan fingerprint density at radius 2 is 2.00 bits per heavy atom. The molecule has 0 saturated carbocycles. The van der Waals surface area contributed by atoms with E-state index in [4.69, 9.17) is 5.73 Å². The van der Waals surface area contributed by atoms with Crippen molar-refractivity contribution in [3.8, 4) is 5.75 Å². The van der Waals surface area contributed by atoms with E-state index in [0.29, 0.717) is 16.8 Å². The number of nitrogens with zero attached hydrogens (tertiary/aromatic N) is 1. The van der Waals surface area contributed by atoms with Crippen LogP contribution in [0, 0.1) is 6.92 Å². The number of aromatic nitrogens is 1. The SMILES string of the molecule is CCc1nc(C)c(O)c(CN)c1CO. The van der Waals surface area contributed by atoms with Crippen LogP contribution in [-0.2, 0) is 19.6 Å². The van der Waals surface area contributed by atoms with Gasteiger partial charge in [0.15, 0.2) is 0 Å².